The monoisotopic (exact) mass is 289 g/mol. The van der Waals surface area contributed by atoms with Gasteiger partial charge in [0, 0.05) is 20.0 Å². The summed E-state index contributed by atoms with van der Waals surface area (Å²) in [7, 11) is 0. The van der Waals surface area contributed by atoms with E-state index in [0.717, 1.165) is 25.9 Å². The van der Waals surface area contributed by atoms with Crippen LogP contribution >= 0.6 is 0 Å². The third-order valence-corrected chi connectivity index (χ3v) is 4.72. The van der Waals surface area contributed by atoms with Gasteiger partial charge in [-0.2, -0.15) is 0 Å². The molecule has 0 saturated carbocycles. The number of ether oxygens (including phenoxy) is 2. The van der Waals surface area contributed by atoms with Crippen molar-refractivity contribution in [2.75, 3.05) is 19.7 Å². The van der Waals surface area contributed by atoms with Crippen molar-refractivity contribution in [1.82, 2.24) is 4.90 Å². The second-order valence-electron chi connectivity index (χ2n) is 6.01. The molecule has 0 spiro atoms. The number of likely N-dealkylation sites (tertiary alicyclic amines) is 1. The van der Waals surface area contributed by atoms with E-state index in [1.54, 1.807) is 0 Å². The molecule has 0 N–H and O–H groups in total. The van der Waals surface area contributed by atoms with Gasteiger partial charge in [0.25, 0.3) is 0 Å². The second-order valence-corrected chi connectivity index (χ2v) is 6.01. The number of esters is 1. The first kappa shape index (κ1) is 14.5. The average Bonchev–Trinajstić information content (AvgIpc) is 3.23. The molecule has 1 aromatic carbocycles. The summed E-state index contributed by atoms with van der Waals surface area (Å²) in [5.74, 6) is -0.223. The Balaban J connectivity index is 1.76. The fourth-order valence-corrected chi connectivity index (χ4v) is 3.39. The lowest BCUT2D eigenvalue weighted by Crippen LogP contribution is -2.44. The minimum Gasteiger partial charge on any atom is -0.464 e. The average molecular weight is 289 g/mol. The van der Waals surface area contributed by atoms with E-state index in [4.69, 9.17) is 9.47 Å². The molecule has 0 bridgehead atoms. The Kier molecular flexibility index (Phi) is 4.00. The van der Waals surface area contributed by atoms with Crippen molar-refractivity contribution in [3.8, 4) is 0 Å². The maximum absolute atomic E-state index is 11.2. The van der Waals surface area contributed by atoms with Crippen LogP contribution in [-0.4, -0.2) is 42.3 Å². The number of nitrogens with zero attached hydrogens (tertiary/aromatic N) is 1. The number of epoxide rings is 1. The van der Waals surface area contributed by atoms with Crippen molar-refractivity contribution in [3.63, 3.8) is 0 Å². The van der Waals surface area contributed by atoms with Crippen LogP contribution in [0.4, 0.5) is 0 Å². The third-order valence-electron chi connectivity index (χ3n) is 4.72. The Hall–Kier alpha value is -1.39. The van der Waals surface area contributed by atoms with Gasteiger partial charge in [0.05, 0.1) is 12.1 Å². The van der Waals surface area contributed by atoms with Crippen molar-refractivity contribution in [1.29, 1.82) is 0 Å². The van der Waals surface area contributed by atoms with Crippen LogP contribution in [0.3, 0.4) is 0 Å². The maximum atomic E-state index is 11.2. The molecule has 3 unspecified atom stereocenters. The van der Waals surface area contributed by atoms with Gasteiger partial charge in [0.15, 0.2) is 0 Å². The Bertz CT molecular complexity index is 504. The number of carbonyl (C=O) groups excluding carboxylic acids is 1. The lowest BCUT2D eigenvalue weighted by Gasteiger charge is -2.36. The molecule has 4 heteroatoms. The highest BCUT2D eigenvalue weighted by molar-refractivity contribution is 5.65. The lowest BCUT2D eigenvalue weighted by atomic mass is 9.93. The summed E-state index contributed by atoms with van der Waals surface area (Å²) < 4.78 is 11.2. The van der Waals surface area contributed by atoms with Gasteiger partial charge in [-0.3, -0.25) is 9.69 Å². The molecule has 4 nitrogen and oxygen atoms in total. The summed E-state index contributed by atoms with van der Waals surface area (Å²) >= 11 is 0. The molecule has 21 heavy (non-hydrogen) atoms. The molecule has 2 aliphatic heterocycles. The number of hydrogen-bond donors (Lipinski definition) is 0. The molecule has 3 atom stereocenters. The van der Waals surface area contributed by atoms with Gasteiger partial charge in [-0.15, -0.1) is 0 Å². The fourth-order valence-electron chi connectivity index (χ4n) is 3.39. The molecule has 0 aliphatic carbocycles. The highest BCUT2D eigenvalue weighted by atomic mass is 16.6. The standard InChI is InChI=1S/C17H23NO3/c1-3-17-12-18(10-9-16(17)21-17)15(11-20-13(2)19)14-7-5-4-6-8-14/h4-8,15-16H,3,9-12H2,1-2H3. The van der Waals surface area contributed by atoms with E-state index in [-0.39, 0.29) is 17.6 Å². The van der Waals surface area contributed by atoms with Gasteiger partial charge in [0.2, 0.25) is 0 Å². The second kappa shape index (κ2) is 5.78. The van der Waals surface area contributed by atoms with Crippen LogP contribution in [0, 0.1) is 0 Å². The minimum absolute atomic E-state index is 0.0432. The predicted molar refractivity (Wildman–Crippen MR) is 79.9 cm³/mol. The highest BCUT2D eigenvalue weighted by Crippen LogP contribution is 2.47. The summed E-state index contributed by atoms with van der Waals surface area (Å²) in [6, 6.07) is 10.4. The Morgan fingerprint density at radius 3 is 2.90 bits per heavy atom. The predicted octanol–water partition coefficient (Wildman–Crippen LogP) is 2.54. The van der Waals surface area contributed by atoms with E-state index in [0.29, 0.717) is 12.7 Å². The van der Waals surface area contributed by atoms with Crippen LogP contribution in [0.1, 0.15) is 38.3 Å². The number of carbonyl (C=O) groups is 1. The zero-order valence-corrected chi connectivity index (χ0v) is 12.7. The van der Waals surface area contributed by atoms with Crippen LogP contribution in [0.15, 0.2) is 30.3 Å². The summed E-state index contributed by atoms with van der Waals surface area (Å²) in [6.45, 7) is 5.98. The van der Waals surface area contributed by atoms with Crippen LogP contribution in [0.5, 0.6) is 0 Å². The van der Waals surface area contributed by atoms with E-state index in [1.165, 1.54) is 12.5 Å². The fraction of sp³-hybridized carbons (Fsp3) is 0.588. The third kappa shape index (κ3) is 2.97. The zero-order chi connectivity index (χ0) is 14.9. The summed E-state index contributed by atoms with van der Waals surface area (Å²) in [6.07, 6.45) is 2.55. The maximum Gasteiger partial charge on any atom is 0.302 e. The number of fused-ring (bicyclic) bond motifs is 1. The number of rotatable bonds is 5. The van der Waals surface area contributed by atoms with E-state index >= 15 is 0 Å². The normalized spacial score (nSPS) is 29.5. The minimum atomic E-state index is -0.223. The van der Waals surface area contributed by atoms with Gasteiger partial charge < -0.3 is 9.47 Å². The van der Waals surface area contributed by atoms with Gasteiger partial charge in [-0.05, 0) is 18.4 Å². The Labute approximate surface area is 126 Å². The lowest BCUT2D eigenvalue weighted by molar-refractivity contribution is -0.143. The summed E-state index contributed by atoms with van der Waals surface area (Å²) in [4.78, 5) is 13.6. The zero-order valence-electron chi connectivity index (χ0n) is 12.7. The topological polar surface area (TPSA) is 42.1 Å². The van der Waals surface area contributed by atoms with E-state index < -0.39 is 0 Å². The molecule has 1 aromatic rings. The van der Waals surface area contributed by atoms with Crippen LogP contribution < -0.4 is 0 Å². The first-order chi connectivity index (χ1) is 10.1. The van der Waals surface area contributed by atoms with E-state index in [1.807, 2.05) is 18.2 Å². The SMILES string of the molecule is CCC12CN(C(COC(C)=O)c3ccccc3)CCC1O2. The largest absolute Gasteiger partial charge is 0.464 e. The molecule has 0 amide bonds. The summed E-state index contributed by atoms with van der Waals surface area (Å²) in [5, 5.41) is 0. The molecular weight excluding hydrogens is 266 g/mol. The van der Waals surface area contributed by atoms with Gasteiger partial charge in [-0.1, -0.05) is 37.3 Å². The Morgan fingerprint density at radius 2 is 2.24 bits per heavy atom. The smallest absolute Gasteiger partial charge is 0.302 e. The Morgan fingerprint density at radius 1 is 1.48 bits per heavy atom. The van der Waals surface area contributed by atoms with Crippen molar-refractivity contribution < 1.29 is 14.3 Å². The summed E-state index contributed by atoms with van der Waals surface area (Å²) in [5.41, 5.74) is 1.24. The first-order valence-corrected chi connectivity index (χ1v) is 7.75. The van der Waals surface area contributed by atoms with Gasteiger partial charge >= 0.3 is 5.97 Å². The van der Waals surface area contributed by atoms with Crippen LogP contribution in [0.25, 0.3) is 0 Å². The molecule has 2 fully saturated rings. The quantitative estimate of drug-likeness (QED) is 0.617. The van der Waals surface area contributed by atoms with Crippen molar-refractivity contribution in [2.24, 2.45) is 0 Å². The molecule has 2 aliphatic rings. The van der Waals surface area contributed by atoms with E-state index in [9.17, 15) is 4.79 Å². The first-order valence-electron chi connectivity index (χ1n) is 7.75. The molecule has 2 saturated heterocycles. The molecular formula is C17H23NO3. The van der Waals surface area contributed by atoms with Crippen LogP contribution in [-0.2, 0) is 14.3 Å². The van der Waals surface area contributed by atoms with Crippen LogP contribution in [0.2, 0.25) is 0 Å². The molecule has 0 radical (unpaired) electrons. The van der Waals surface area contributed by atoms with Gasteiger partial charge in [0.1, 0.15) is 12.2 Å². The number of benzene rings is 1. The van der Waals surface area contributed by atoms with Crippen molar-refractivity contribution >= 4 is 5.97 Å². The molecule has 2 heterocycles. The number of piperidine rings is 1. The molecule has 114 valence electrons. The van der Waals surface area contributed by atoms with Gasteiger partial charge in [-0.25, -0.2) is 0 Å². The van der Waals surface area contributed by atoms with Crippen molar-refractivity contribution in [3.05, 3.63) is 35.9 Å². The van der Waals surface area contributed by atoms with Crippen molar-refractivity contribution in [2.45, 2.75) is 44.4 Å². The van der Waals surface area contributed by atoms with E-state index in [2.05, 4.69) is 24.0 Å². The molecule has 3 rings (SSSR count). The highest BCUT2D eigenvalue weighted by Gasteiger charge is 2.58. The molecule has 0 aromatic heterocycles. The number of hydrogen-bond acceptors (Lipinski definition) is 4.